The zero-order valence-electron chi connectivity index (χ0n) is 10.0. The molecule has 0 spiro atoms. The van der Waals surface area contributed by atoms with E-state index in [2.05, 4.69) is 0 Å². The van der Waals surface area contributed by atoms with Gasteiger partial charge in [0, 0.05) is 19.5 Å². The van der Waals surface area contributed by atoms with E-state index in [1.807, 2.05) is 4.72 Å². The number of carbonyl (C=O) groups is 1. The monoisotopic (exact) mass is 285 g/mol. The lowest BCUT2D eigenvalue weighted by atomic mass is 10.1. The van der Waals surface area contributed by atoms with E-state index >= 15 is 0 Å². The third kappa shape index (κ3) is 3.77. The van der Waals surface area contributed by atoms with Crippen LogP contribution >= 0.6 is 0 Å². The molecule has 1 saturated heterocycles. The highest BCUT2D eigenvalue weighted by Gasteiger charge is 2.43. The van der Waals surface area contributed by atoms with Gasteiger partial charge in [-0.1, -0.05) is 0 Å². The number of primary amides is 1. The highest BCUT2D eigenvalue weighted by molar-refractivity contribution is 7.89. The Bertz CT molecular complexity index is 413. The molecule has 0 radical (unpaired) electrons. The van der Waals surface area contributed by atoms with Crippen LogP contribution in [0.2, 0.25) is 0 Å². The van der Waals surface area contributed by atoms with Crippen LogP contribution in [0.3, 0.4) is 0 Å². The van der Waals surface area contributed by atoms with Crippen molar-refractivity contribution in [2.75, 3.05) is 18.8 Å². The van der Waals surface area contributed by atoms with Crippen molar-refractivity contribution < 1.29 is 22.0 Å². The second-order valence-electron chi connectivity index (χ2n) is 4.20. The maximum atomic E-state index is 13.7. The minimum Gasteiger partial charge on any atom is -0.351 e. The van der Waals surface area contributed by atoms with Crippen molar-refractivity contribution in [3.05, 3.63) is 0 Å². The predicted molar refractivity (Wildman–Crippen MR) is 61.7 cm³/mol. The minimum atomic E-state index is -3.71. The minimum absolute atomic E-state index is 0.0157. The van der Waals surface area contributed by atoms with Gasteiger partial charge in [-0.3, -0.25) is 0 Å². The Morgan fingerprint density at radius 3 is 2.61 bits per heavy atom. The third-order valence-electron chi connectivity index (χ3n) is 2.93. The number of carbonyl (C=O) groups excluding carboxylic acids is 1. The molecule has 1 heterocycles. The first kappa shape index (κ1) is 15.1. The van der Waals surface area contributed by atoms with Crippen molar-refractivity contribution in [2.24, 2.45) is 5.73 Å². The lowest BCUT2D eigenvalue weighted by Crippen LogP contribution is -2.47. The zero-order chi connectivity index (χ0) is 14.0. The van der Waals surface area contributed by atoms with E-state index < -0.39 is 34.4 Å². The lowest BCUT2D eigenvalue weighted by molar-refractivity contribution is -0.0339. The number of nitrogens with zero attached hydrogens (tertiary/aromatic N) is 1. The molecule has 9 heteroatoms. The first-order valence-electron chi connectivity index (χ1n) is 5.60. The van der Waals surface area contributed by atoms with Crippen LogP contribution in [0.25, 0.3) is 0 Å². The van der Waals surface area contributed by atoms with Crippen LogP contribution < -0.4 is 10.5 Å². The van der Waals surface area contributed by atoms with Gasteiger partial charge in [-0.05, 0) is 13.3 Å². The highest BCUT2D eigenvalue weighted by Crippen LogP contribution is 2.29. The van der Waals surface area contributed by atoms with Crippen LogP contribution in [0.15, 0.2) is 0 Å². The molecule has 0 aromatic heterocycles. The summed E-state index contributed by atoms with van der Waals surface area (Å²) in [5.74, 6) is -3.45. The number of urea groups is 1. The van der Waals surface area contributed by atoms with Crippen molar-refractivity contribution in [3.8, 4) is 0 Å². The average molecular weight is 285 g/mol. The number of likely N-dealkylation sites (tertiary alicyclic amines) is 1. The smallest absolute Gasteiger partial charge is 0.314 e. The Hall–Kier alpha value is -0.960. The van der Waals surface area contributed by atoms with E-state index in [0.717, 1.165) is 4.90 Å². The molecular formula is C9H17F2N3O3S. The molecule has 0 bridgehead atoms. The fourth-order valence-corrected chi connectivity index (χ4v) is 2.62. The van der Waals surface area contributed by atoms with Gasteiger partial charge in [0.25, 0.3) is 5.92 Å². The summed E-state index contributed by atoms with van der Waals surface area (Å²) in [4.78, 5) is 12.0. The Labute approximate surface area is 105 Å². The molecule has 2 amide bonds. The molecule has 1 atom stereocenters. The highest BCUT2D eigenvalue weighted by atomic mass is 32.2. The number of hydrogen-bond donors (Lipinski definition) is 2. The van der Waals surface area contributed by atoms with Gasteiger partial charge in [0.1, 0.15) is 0 Å². The van der Waals surface area contributed by atoms with Crippen molar-refractivity contribution in [2.45, 2.75) is 31.7 Å². The molecule has 0 aromatic carbocycles. The van der Waals surface area contributed by atoms with Gasteiger partial charge in [-0.25, -0.2) is 26.7 Å². The lowest BCUT2D eigenvalue weighted by Gasteiger charge is -2.24. The number of nitrogens with two attached hydrogens (primary N) is 1. The largest absolute Gasteiger partial charge is 0.351 e. The van der Waals surface area contributed by atoms with Crippen LogP contribution in [0.4, 0.5) is 13.6 Å². The topological polar surface area (TPSA) is 92.5 Å². The molecule has 18 heavy (non-hydrogen) atoms. The van der Waals surface area contributed by atoms with E-state index in [0.29, 0.717) is 0 Å². The van der Waals surface area contributed by atoms with Crippen LogP contribution in [-0.2, 0) is 10.0 Å². The number of nitrogens with one attached hydrogen (secondary N) is 1. The second kappa shape index (κ2) is 5.35. The van der Waals surface area contributed by atoms with Crippen LogP contribution in [0.1, 0.15) is 19.8 Å². The molecule has 1 unspecified atom stereocenters. The molecule has 1 aliphatic rings. The summed E-state index contributed by atoms with van der Waals surface area (Å²) in [6, 6.07) is -2.27. The summed E-state index contributed by atoms with van der Waals surface area (Å²) in [7, 11) is -3.71. The normalized spacial score (nSPS) is 24.6. The summed E-state index contributed by atoms with van der Waals surface area (Å²) < 4.78 is 52.1. The number of halogens is 2. The Kier molecular flexibility index (Phi) is 4.49. The van der Waals surface area contributed by atoms with Crippen molar-refractivity contribution in [1.29, 1.82) is 0 Å². The van der Waals surface area contributed by atoms with Crippen LogP contribution in [0, 0.1) is 0 Å². The van der Waals surface area contributed by atoms with E-state index in [1.165, 1.54) is 6.92 Å². The van der Waals surface area contributed by atoms with Gasteiger partial charge >= 0.3 is 6.03 Å². The molecule has 0 aliphatic carbocycles. The average Bonchev–Trinajstić information content (AvgIpc) is 2.39. The predicted octanol–water partition coefficient (Wildman–Crippen LogP) is 0.104. The number of hydrogen-bond acceptors (Lipinski definition) is 3. The Morgan fingerprint density at radius 2 is 2.11 bits per heavy atom. The second-order valence-corrected chi connectivity index (χ2v) is 6.24. The maximum absolute atomic E-state index is 13.7. The molecular weight excluding hydrogens is 268 g/mol. The quantitative estimate of drug-likeness (QED) is 0.770. The number of sulfonamides is 1. The summed E-state index contributed by atoms with van der Waals surface area (Å²) in [5.41, 5.74) is 5.03. The molecule has 1 fully saturated rings. The number of rotatable bonds is 3. The Balaban J connectivity index is 2.81. The van der Waals surface area contributed by atoms with Gasteiger partial charge in [-0.2, -0.15) is 0 Å². The standard InChI is InChI=1S/C9H17F2N3O3S/c1-2-18(16,17)13-7-3-5-14(8(12)15)6-4-9(7,10)11/h7,13H,2-6H2,1H3,(H2,12,15). The molecule has 106 valence electrons. The molecule has 1 aliphatic heterocycles. The SMILES string of the molecule is CCS(=O)(=O)NC1CCN(C(N)=O)CCC1(F)F. The maximum Gasteiger partial charge on any atom is 0.314 e. The molecule has 0 saturated carbocycles. The first-order chi connectivity index (χ1) is 8.18. The van der Waals surface area contributed by atoms with Gasteiger partial charge in [0.05, 0.1) is 11.8 Å². The van der Waals surface area contributed by atoms with E-state index in [4.69, 9.17) is 5.73 Å². The van der Waals surface area contributed by atoms with Crippen molar-refractivity contribution in [1.82, 2.24) is 9.62 Å². The molecule has 0 aromatic rings. The van der Waals surface area contributed by atoms with Gasteiger partial charge < -0.3 is 10.6 Å². The van der Waals surface area contributed by atoms with Gasteiger partial charge in [0.2, 0.25) is 10.0 Å². The van der Waals surface area contributed by atoms with Gasteiger partial charge in [-0.15, -0.1) is 0 Å². The van der Waals surface area contributed by atoms with E-state index in [-0.39, 0.29) is 25.3 Å². The van der Waals surface area contributed by atoms with Gasteiger partial charge in [0.15, 0.2) is 0 Å². The zero-order valence-corrected chi connectivity index (χ0v) is 10.8. The third-order valence-corrected chi connectivity index (χ3v) is 4.33. The number of amides is 2. The molecule has 1 rings (SSSR count). The summed E-state index contributed by atoms with van der Waals surface area (Å²) in [6.07, 6.45) is -0.762. The summed E-state index contributed by atoms with van der Waals surface area (Å²) in [6.45, 7) is 1.21. The molecule has 6 nitrogen and oxygen atoms in total. The van der Waals surface area contributed by atoms with Crippen LogP contribution in [0.5, 0.6) is 0 Å². The molecule has 3 N–H and O–H groups in total. The summed E-state index contributed by atoms with van der Waals surface area (Å²) in [5, 5.41) is 0. The van der Waals surface area contributed by atoms with E-state index in [9.17, 15) is 22.0 Å². The van der Waals surface area contributed by atoms with Crippen molar-refractivity contribution >= 4 is 16.1 Å². The van der Waals surface area contributed by atoms with E-state index in [1.54, 1.807) is 0 Å². The summed E-state index contributed by atoms with van der Waals surface area (Å²) >= 11 is 0. The number of alkyl halides is 2. The first-order valence-corrected chi connectivity index (χ1v) is 7.25. The van der Waals surface area contributed by atoms with Crippen molar-refractivity contribution in [3.63, 3.8) is 0 Å². The fourth-order valence-electron chi connectivity index (χ4n) is 1.73. The fraction of sp³-hybridized carbons (Fsp3) is 0.889. The van der Waals surface area contributed by atoms with Crippen LogP contribution in [-0.4, -0.2) is 50.2 Å². The Morgan fingerprint density at radius 1 is 1.50 bits per heavy atom.